The van der Waals surface area contributed by atoms with E-state index in [0.29, 0.717) is 11.0 Å². The maximum absolute atomic E-state index is 12.1. The Labute approximate surface area is 160 Å². The topological polar surface area (TPSA) is 79.9 Å². The van der Waals surface area contributed by atoms with Gasteiger partial charge in [-0.25, -0.2) is 4.98 Å². The van der Waals surface area contributed by atoms with Crippen LogP contribution in [0.4, 0.5) is 5.69 Å². The lowest BCUT2D eigenvalue weighted by Gasteiger charge is -2.05. The van der Waals surface area contributed by atoms with Gasteiger partial charge in [0.25, 0.3) is 0 Å². The fourth-order valence-corrected chi connectivity index (χ4v) is 3.27. The molecule has 2 N–H and O–H groups in total. The van der Waals surface area contributed by atoms with Crippen LogP contribution in [-0.4, -0.2) is 40.2 Å². The molecule has 0 radical (unpaired) electrons. The van der Waals surface area contributed by atoms with E-state index in [9.17, 15) is 4.79 Å². The summed E-state index contributed by atoms with van der Waals surface area (Å²) in [7, 11) is 1.63. The molecule has 0 saturated carbocycles. The van der Waals surface area contributed by atoms with Crippen LogP contribution >= 0.6 is 23.5 Å². The number of aromatic amines is 1. The Hall–Kier alpha value is -2.45. The van der Waals surface area contributed by atoms with Crippen molar-refractivity contribution >= 4 is 35.1 Å². The summed E-state index contributed by atoms with van der Waals surface area (Å²) in [4.78, 5) is 17.6. The average Bonchev–Trinajstić information content (AvgIpc) is 3.15. The van der Waals surface area contributed by atoms with Gasteiger partial charge in [0.2, 0.25) is 11.1 Å². The van der Waals surface area contributed by atoms with Crippen molar-refractivity contribution in [2.24, 2.45) is 0 Å². The molecule has 1 heterocycles. The molecule has 0 fully saturated rings. The van der Waals surface area contributed by atoms with E-state index in [0.717, 1.165) is 21.9 Å². The van der Waals surface area contributed by atoms with E-state index in [-0.39, 0.29) is 11.7 Å². The third kappa shape index (κ3) is 4.80. The smallest absolute Gasteiger partial charge is 0.234 e. The number of aromatic nitrogens is 3. The first-order valence-corrected chi connectivity index (χ1v) is 10.0. The molecular formula is C18H18N4O2S2. The first-order valence-electron chi connectivity index (χ1n) is 7.81. The molecule has 26 heavy (non-hydrogen) atoms. The first-order chi connectivity index (χ1) is 12.7. The molecule has 1 aromatic heterocycles. The molecule has 0 aliphatic carbocycles. The number of amides is 1. The van der Waals surface area contributed by atoms with Gasteiger partial charge in [-0.05, 0) is 48.7 Å². The van der Waals surface area contributed by atoms with E-state index in [1.165, 1.54) is 11.8 Å². The minimum atomic E-state index is -0.0935. The molecule has 0 unspecified atom stereocenters. The Morgan fingerprint density at radius 2 is 2.04 bits per heavy atom. The summed E-state index contributed by atoms with van der Waals surface area (Å²) in [6.45, 7) is 0. The molecule has 0 saturated heterocycles. The third-order valence-corrected chi connectivity index (χ3v) is 5.09. The summed E-state index contributed by atoms with van der Waals surface area (Å²) in [6.07, 6.45) is 2.00. The minimum absolute atomic E-state index is 0.0935. The zero-order valence-electron chi connectivity index (χ0n) is 14.4. The van der Waals surface area contributed by atoms with Crippen molar-refractivity contribution in [3.8, 4) is 17.1 Å². The number of ether oxygens (including phenoxy) is 1. The van der Waals surface area contributed by atoms with Gasteiger partial charge >= 0.3 is 0 Å². The normalized spacial score (nSPS) is 10.5. The molecule has 134 valence electrons. The highest BCUT2D eigenvalue weighted by atomic mass is 32.2. The van der Waals surface area contributed by atoms with E-state index >= 15 is 0 Å². The summed E-state index contributed by atoms with van der Waals surface area (Å²) < 4.78 is 5.14. The average molecular weight is 387 g/mol. The number of thioether (sulfide) groups is 2. The van der Waals surface area contributed by atoms with Crippen molar-refractivity contribution in [3.63, 3.8) is 0 Å². The molecule has 0 aliphatic rings. The molecule has 2 aromatic carbocycles. The fraction of sp³-hybridized carbons (Fsp3) is 0.167. The predicted molar refractivity (Wildman–Crippen MR) is 106 cm³/mol. The van der Waals surface area contributed by atoms with E-state index in [1.807, 2.05) is 54.8 Å². The molecule has 6 nitrogen and oxygen atoms in total. The zero-order valence-corrected chi connectivity index (χ0v) is 16.0. The molecule has 3 aromatic rings. The second kappa shape index (κ2) is 8.77. The van der Waals surface area contributed by atoms with Gasteiger partial charge in [-0.15, -0.1) is 16.9 Å². The monoisotopic (exact) mass is 386 g/mol. The second-order valence-electron chi connectivity index (χ2n) is 5.26. The number of carbonyl (C=O) groups excluding carboxylic acids is 1. The summed E-state index contributed by atoms with van der Waals surface area (Å²) in [5.74, 6) is 1.58. The molecule has 0 bridgehead atoms. The quantitative estimate of drug-likeness (QED) is 0.599. The van der Waals surface area contributed by atoms with Gasteiger partial charge in [0.05, 0.1) is 12.9 Å². The molecular weight excluding hydrogens is 368 g/mol. The number of anilines is 1. The summed E-state index contributed by atoms with van der Waals surface area (Å²) in [6, 6.07) is 15.3. The fourth-order valence-electron chi connectivity index (χ4n) is 2.22. The van der Waals surface area contributed by atoms with Crippen molar-refractivity contribution < 1.29 is 9.53 Å². The lowest BCUT2D eigenvalue weighted by Crippen LogP contribution is -2.14. The number of H-pyrrole nitrogens is 1. The lowest BCUT2D eigenvalue weighted by atomic mass is 10.2. The zero-order chi connectivity index (χ0) is 18.4. The SMILES string of the molecule is COc1ccc(-c2nc(SCC(=O)Nc3cccc(SC)c3)n[nH]2)cc1. The summed E-state index contributed by atoms with van der Waals surface area (Å²) in [5, 5.41) is 10.5. The van der Waals surface area contributed by atoms with Crippen LogP contribution in [0.2, 0.25) is 0 Å². The van der Waals surface area contributed by atoms with E-state index < -0.39 is 0 Å². The highest BCUT2D eigenvalue weighted by Gasteiger charge is 2.09. The lowest BCUT2D eigenvalue weighted by molar-refractivity contribution is -0.113. The van der Waals surface area contributed by atoms with Gasteiger partial charge in [-0.2, -0.15) is 0 Å². The van der Waals surface area contributed by atoms with Gasteiger partial charge in [0.15, 0.2) is 5.82 Å². The molecule has 0 atom stereocenters. The Morgan fingerprint density at radius 3 is 2.77 bits per heavy atom. The maximum atomic E-state index is 12.1. The van der Waals surface area contributed by atoms with Crippen LogP contribution in [-0.2, 0) is 4.79 Å². The number of nitrogens with zero attached hydrogens (tertiary/aromatic N) is 2. The van der Waals surface area contributed by atoms with Crippen molar-refractivity contribution in [2.45, 2.75) is 10.1 Å². The molecule has 0 aliphatic heterocycles. The van der Waals surface area contributed by atoms with Crippen LogP contribution in [0.15, 0.2) is 58.6 Å². The number of rotatable bonds is 7. The number of hydrogen-bond acceptors (Lipinski definition) is 6. The van der Waals surface area contributed by atoms with Crippen molar-refractivity contribution in [1.29, 1.82) is 0 Å². The maximum Gasteiger partial charge on any atom is 0.234 e. The van der Waals surface area contributed by atoms with E-state index in [4.69, 9.17) is 4.74 Å². The van der Waals surface area contributed by atoms with Crippen LogP contribution in [0.5, 0.6) is 5.75 Å². The number of carbonyl (C=O) groups is 1. The Bertz CT molecular complexity index is 881. The first kappa shape index (κ1) is 18.3. The molecule has 3 rings (SSSR count). The highest BCUT2D eigenvalue weighted by Crippen LogP contribution is 2.22. The highest BCUT2D eigenvalue weighted by molar-refractivity contribution is 7.99. The molecule has 1 amide bonds. The second-order valence-corrected chi connectivity index (χ2v) is 7.09. The number of methoxy groups -OCH3 is 1. The number of benzene rings is 2. The van der Waals surface area contributed by atoms with Crippen LogP contribution in [0.25, 0.3) is 11.4 Å². The van der Waals surface area contributed by atoms with Gasteiger partial charge in [-0.1, -0.05) is 17.8 Å². The standard InChI is InChI=1S/C18H18N4O2S2/c1-24-14-8-6-12(7-9-14)17-20-18(22-21-17)26-11-16(23)19-13-4-3-5-15(10-13)25-2/h3-10H,11H2,1-2H3,(H,19,23)(H,20,21,22). The van der Waals surface area contributed by atoms with Crippen LogP contribution < -0.4 is 10.1 Å². The molecule has 0 spiro atoms. The number of hydrogen-bond donors (Lipinski definition) is 2. The van der Waals surface area contributed by atoms with E-state index in [1.54, 1.807) is 18.9 Å². The minimum Gasteiger partial charge on any atom is -0.497 e. The van der Waals surface area contributed by atoms with Crippen LogP contribution in [0, 0.1) is 0 Å². The van der Waals surface area contributed by atoms with Crippen LogP contribution in [0.3, 0.4) is 0 Å². The Morgan fingerprint density at radius 1 is 1.23 bits per heavy atom. The van der Waals surface area contributed by atoms with Gasteiger partial charge in [0.1, 0.15) is 5.75 Å². The van der Waals surface area contributed by atoms with Crippen molar-refractivity contribution in [3.05, 3.63) is 48.5 Å². The van der Waals surface area contributed by atoms with E-state index in [2.05, 4.69) is 20.5 Å². The van der Waals surface area contributed by atoms with Crippen LogP contribution in [0.1, 0.15) is 0 Å². The number of nitrogens with one attached hydrogen (secondary N) is 2. The summed E-state index contributed by atoms with van der Waals surface area (Å²) >= 11 is 2.92. The van der Waals surface area contributed by atoms with Crippen molar-refractivity contribution in [1.82, 2.24) is 15.2 Å². The Kier molecular flexibility index (Phi) is 6.19. The van der Waals surface area contributed by atoms with Gasteiger partial charge in [0, 0.05) is 16.1 Å². The summed E-state index contributed by atoms with van der Waals surface area (Å²) in [5.41, 5.74) is 1.69. The van der Waals surface area contributed by atoms with Crippen molar-refractivity contribution in [2.75, 3.05) is 24.4 Å². The van der Waals surface area contributed by atoms with Gasteiger partial charge in [-0.3, -0.25) is 9.89 Å². The Balaban J connectivity index is 1.56. The predicted octanol–water partition coefficient (Wildman–Crippen LogP) is 3.93. The molecule has 8 heteroatoms. The van der Waals surface area contributed by atoms with Gasteiger partial charge < -0.3 is 10.1 Å². The third-order valence-electron chi connectivity index (χ3n) is 3.51. The largest absolute Gasteiger partial charge is 0.497 e.